The van der Waals surface area contributed by atoms with Gasteiger partial charge in [0.05, 0.1) is 12.8 Å². The number of methoxy groups -OCH3 is 1. The van der Waals surface area contributed by atoms with Crippen LogP contribution in [0.25, 0.3) is 0 Å². The molecular weight excluding hydrogens is 349 g/mol. The Morgan fingerprint density at radius 3 is 2.37 bits per heavy atom. The van der Waals surface area contributed by atoms with E-state index < -0.39 is 5.82 Å². The second-order valence-electron chi connectivity index (χ2n) is 6.26. The summed E-state index contributed by atoms with van der Waals surface area (Å²) in [6.45, 7) is 4.08. The van der Waals surface area contributed by atoms with Crippen LogP contribution in [0.2, 0.25) is 0 Å². The number of ether oxygens (including phenoxy) is 2. The molecule has 6 nitrogen and oxygen atoms in total. The summed E-state index contributed by atoms with van der Waals surface area (Å²) in [7, 11) is 1.63. The van der Waals surface area contributed by atoms with Crippen molar-refractivity contribution in [2.75, 3.05) is 51.8 Å². The summed E-state index contributed by atoms with van der Waals surface area (Å²) in [6, 6.07) is 13.4. The molecule has 0 aromatic heterocycles. The first-order valence-electron chi connectivity index (χ1n) is 8.95. The van der Waals surface area contributed by atoms with Crippen LogP contribution in [0.4, 0.5) is 14.9 Å². The van der Waals surface area contributed by atoms with E-state index in [0.29, 0.717) is 19.7 Å². The second-order valence-corrected chi connectivity index (χ2v) is 6.26. The maximum Gasteiger partial charge on any atom is 0.322 e. The van der Waals surface area contributed by atoms with Crippen molar-refractivity contribution < 1.29 is 18.7 Å². The van der Waals surface area contributed by atoms with E-state index in [2.05, 4.69) is 10.2 Å². The van der Waals surface area contributed by atoms with Gasteiger partial charge in [-0.2, -0.15) is 0 Å². The van der Waals surface area contributed by atoms with E-state index in [-0.39, 0.29) is 11.7 Å². The Kier molecular flexibility index (Phi) is 6.49. The molecule has 0 radical (unpaired) electrons. The van der Waals surface area contributed by atoms with Gasteiger partial charge in [0.15, 0.2) is 0 Å². The fourth-order valence-corrected chi connectivity index (χ4v) is 2.90. The van der Waals surface area contributed by atoms with Crippen molar-refractivity contribution in [3.05, 3.63) is 54.3 Å². The van der Waals surface area contributed by atoms with Gasteiger partial charge in [0.25, 0.3) is 0 Å². The van der Waals surface area contributed by atoms with Gasteiger partial charge in [0, 0.05) is 32.7 Å². The number of urea groups is 1. The molecule has 1 aliphatic heterocycles. The minimum absolute atomic E-state index is 0.206. The lowest BCUT2D eigenvalue weighted by Crippen LogP contribution is -2.50. The minimum Gasteiger partial charge on any atom is -0.497 e. The molecule has 1 N–H and O–H groups in total. The van der Waals surface area contributed by atoms with Crippen LogP contribution < -0.4 is 14.8 Å². The van der Waals surface area contributed by atoms with E-state index in [4.69, 9.17) is 9.47 Å². The molecule has 1 aliphatic rings. The molecule has 144 valence electrons. The van der Waals surface area contributed by atoms with Crippen LogP contribution in [0.1, 0.15) is 0 Å². The Balaban J connectivity index is 1.38. The number of hydrogen-bond acceptors (Lipinski definition) is 4. The van der Waals surface area contributed by atoms with Gasteiger partial charge in [-0.15, -0.1) is 0 Å². The minimum atomic E-state index is -0.430. The van der Waals surface area contributed by atoms with E-state index in [1.54, 1.807) is 30.2 Å². The molecule has 1 fully saturated rings. The SMILES string of the molecule is COc1ccc(OCCN2CCN(C(=O)Nc3ccccc3F)CC2)cc1. The van der Waals surface area contributed by atoms with Crippen LogP contribution >= 0.6 is 0 Å². The number of amides is 2. The fraction of sp³-hybridized carbons (Fsp3) is 0.350. The highest BCUT2D eigenvalue weighted by Crippen LogP contribution is 2.17. The van der Waals surface area contributed by atoms with Gasteiger partial charge in [0.1, 0.15) is 23.9 Å². The lowest BCUT2D eigenvalue weighted by Gasteiger charge is -2.34. The molecule has 7 heteroatoms. The van der Waals surface area contributed by atoms with E-state index in [9.17, 15) is 9.18 Å². The largest absolute Gasteiger partial charge is 0.497 e. The van der Waals surface area contributed by atoms with Crippen LogP contribution in [-0.4, -0.2) is 62.3 Å². The van der Waals surface area contributed by atoms with Gasteiger partial charge in [-0.3, -0.25) is 4.90 Å². The van der Waals surface area contributed by atoms with Crippen molar-refractivity contribution in [2.24, 2.45) is 0 Å². The molecular formula is C20H24FN3O3. The smallest absolute Gasteiger partial charge is 0.322 e. The lowest BCUT2D eigenvalue weighted by molar-refractivity contribution is 0.132. The zero-order chi connectivity index (χ0) is 19.1. The standard InChI is InChI=1S/C20H24FN3O3/c1-26-16-6-8-17(9-7-16)27-15-14-23-10-12-24(13-11-23)20(25)22-19-5-3-2-4-18(19)21/h2-9H,10-15H2,1H3,(H,22,25). The molecule has 0 spiro atoms. The molecule has 1 saturated heterocycles. The first-order valence-corrected chi connectivity index (χ1v) is 8.95. The number of nitrogens with one attached hydrogen (secondary N) is 1. The Morgan fingerprint density at radius 1 is 1.04 bits per heavy atom. The third kappa shape index (κ3) is 5.34. The summed E-state index contributed by atoms with van der Waals surface area (Å²) in [5.74, 6) is 1.17. The van der Waals surface area contributed by atoms with Crippen LogP contribution in [0.15, 0.2) is 48.5 Å². The number of para-hydroxylation sites is 1. The second kappa shape index (κ2) is 9.23. The summed E-state index contributed by atoms with van der Waals surface area (Å²) >= 11 is 0. The van der Waals surface area contributed by atoms with Gasteiger partial charge in [-0.1, -0.05) is 12.1 Å². The molecule has 2 aromatic carbocycles. The molecule has 3 rings (SSSR count). The van der Waals surface area contributed by atoms with E-state index in [0.717, 1.165) is 31.1 Å². The zero-order valence-electron chi connectivity index (χ0n) is 15.4. The molecule has 0 aliphatic carbocycles. The van der Waals surface area contributed by atoms with Crippen LogP contribution in [-0.2, 0) is 0 Å². The average Bonchev–Trinajstić information content (AvgIpc) is 2.71. The summed E-state index contributed by atoms with van der Waals surface area (Å²) in [4.78, 5) is 16.2. The summed E-state index contributed by atoms with van der Waals surface area (Å²) in [6.07, 6.45) is 0. The lowest BCUT2D eigenvalue weighted by atomic mass is 10.3. The van der Waals surface area contributed by atoms with Gasteiger partial charge in [-0.25, -0.2) is 9.18 Å². The van der Waals surface area contributed by atoms with Gasteiger partial charge < -0.3 is 19.7 Å². The van der Waals surface area contributed by atoms with Crippen molar-refractivity contribution >= 4 is 11.7 Å². The first kappa shape index (κ1) is 19.0. The van der Waals surface area contributed by atoms with Crippen LogP contribution in [0.3, 0.4) is 0 Å². The third-order valence-electron chi connectivity index (χ3n) is 4.51. The fourth-order valence-electron chi connectivity index (χ4n) is 2.90. The predicted molar refractivity (Wildman–Crippen MR) is 102 cm³/mol. The number of halogens is 1. The molecule has 0 bridgehead atoms. The van der Waals surface area contributed by atoms with Crippen molar-refractivity contribution in [3.8, 4) is 11.5 Å². The molecule has 2 amide bonds. The highest BCUT2D eigenvalue weighted by Gasteiger charge is 2.21. The Labute approximate surface area is 158 Å². The van der Waals surface area contributed by atoms with Gasteiger partial charge >= 0.3 is 6.03 Å². The summed E-state index contributed by atoms with van der Waals surface area (Å²) in [5.41, 5.74) is 0.206. The van der Waals surface area contributed by atoms with Crippen molar-refractivity contribution in [3.63, 3.8) is 0 Å². The number of anilines is 1. The first-order chi connectivity index (χ1) is 13.2. The molecule has 27 heavy (non-hydrogen) atoms. The Hall–Kier alpha value is -2.80. The van der Waals surface area contributed by atoms with Crippen LogP contribution in [0, 0.1) is 5.82 Å². The topological polar surface area (TPSA) is 54.0 Å². The highest BCUT2D eigenvalue weighted by molar-refractivity contribution is 5.89. The van der Waals surface area contributed by atoms with Gasteiger partial charge in [-0.05, 0) is 36.4 Å². The van der Waals surface area contributed by atoms with Crippen molar-refractivity contribution in [1.82, 2.24) is 9.80 Å². The number of carbonyl (C=O) groups is 1. The number of nitrogens with zero attached hydrogens (tertiary/aromatic N) is 2. The Morgan fingerprint density at radius 2 is 1.70 bits per heavy atom. The molecule has 0 atom stereocenters. The maximum absolute atomic E-state index is 13.6. The normalized spacial score (nSPS) is 14.7. The number of piperazine rings is 1. The van der Waals surface area contributed by atoms with Crippen molar-refractivity contribution in [2.45, 2.75) is 0 Å². The van der Waals surface area contributed by atoms with E-state index in [1.165, 1.54) is 6.07 Å². The van der Waals surface area contributed by atoms with Crippen molar-refractivity contribution in [1.29, 1.82) is 0 Å². The quantitative estimate of drug-likeness (QED) is 0.846. The number of carbonyl (C=O) groups excluding carboxylic acids is 1. The van der Waals surface area contributed by atoms with E-state index in [1.807, 2.05) is 24.3 Å². The number of hydrogen-bond donors (Lipinski definition) is 1. The molecule has 0 unspecified atom stereocenters. The average molecular weight is 373 g/mol. The Bertz CT molecular complexity index is 746. The van der Waals surface area contributed by atoms with Gasteiger partial charge in [0.2, 0.25) is 0 Å². The number of rotatable bonds is 6. The van der Waals surface area contributed by atoms with E-state index >= 15 is 0 Å². The third-order valence-corrected chi connectivity index (χ3v) is 4.51. The maximum atomic E-state index is 13.6. The number of benzene rings is 2. The highest BCUT2D eigenvalue weighted by atomic mass is 19.1. The van der Waals surface area contributed by atoms with Crippen LogP contribution in [0.5, 0.6) is 11.5 Å². The predicted octanol–water partition coefficient (Wildman–Crippen LogP) is 3.06. The summed E-state index contributed by atoms with van der Waals surface area (Å²) < 4.78 is 24.5. The zero-order valence-corrected chi connectivity index (χ0v) is 15.4. The monoisotopic (exact) mass is 373 g/mol. The molecule has 2 aromatic rings. The summed E-state index contributed by atoms with van der Waals surface area (Å²) in [5, 5.41) is 2.63. The molecule has 0 saturated carbocycles. The molecule has 1 heterocycles.